The molecule has 114 valence electrons. The van der Waals surface area contributed by atoms with Crippen molar-refractivity contribution < 1.29 is 24.4 Å². The van der Waals surface area contributed by atoms with E-state index in [1.165, 1.54) is 24.3 Å². The Morgan fingerprint density at radius 1 is 0.818 bits per heavy atom. The van der Waals surface area contributed by atoms with Crippen LogP contribution < -0.4 is 10.6 Å². The van der Waals surface area contributed by atoms with Gasteiger partial charge in [-0.3, -0.25) is 0 Å². The van der Waals surface area contributed by atoms with Gasteiger partial charge >= 0.3 is 11.9 Å². The zero-order valence-electron chi connectivity index (χ0n) is 11.9. The van der Waals surface area contributed by atoms with E-state index in [1.54, 1.807) is 31.2 Å². The summed E-state index contributed by atoms with van der Waals surface area (Å²) >= 11 is 0. The van der Waals surface area contributed by atoms with Crippen molar-refractivity contribution in [1.29, 1.82) is 0 Å². The molecule has 5 nitrogen and oxygen atoms in total. The fraction of sp³-hybridized carbons (Fsp3) is 0.125. The minimum atomic E-state index is -2.89. The van der Waals surface area contributed by atoms with E-state index >= 15 is 0 Å². The van der Waals surface area contributed by atoms with Gasteiger partial charge in [-0.25, -0.2) is 9.59 Å². The van der Waals surface area contributed by atoms with Crippen LogP contribution in [0.3, 0.4) is 0 Å². The molecular formula is C16H15O5P. The van der Waals surface area contributed by atoms with Crippen LogP contribution in [0.15, 0.2) is 48.5 Å². The molecule has 0 aliphatic rings. The summed E-state index contributed by atoms with van der Waals surface area (Å²) in [7, 11) is -2.89. The molecule has 0 amide bonds. The van der Waals surface area contributed by atoms with Crippen molar-refractivity contribution in [3.8, 4) is 0 Å². The highest BCUT2D eigenvalue weighted by atomic mass is 31.2. The fourth-order valence-electron chi connectivity index (χ4n) is 2.20. The molecule has 0 fully saturated rings. The lowest BCUT2D eigenvalue weighted by atomic mass is 10.2. The lowest BCUT2D eigenvalue weighted by Gasteiger charge is -2.17. The smallest absolute Gasteiger partial charge is 0.335 e. The molecule has 2 aromatic rings. The number of carbonyl (C=O) groups is 2. The quantitative estimate of drug-likeness (QED) is 0.826. The van der Waals surface area contributed by atoms with Crippen molar-refractivity contribution in [1.82, 2.24) is 0 Å². The van der Waals surface area contributed by atoms with Gasteiger partial charge < -0.3 is 14.8 Å². The minimum Gasteiger partial charge on any atom is -0.478 e. The Labute approximate surface area is 127 Å². The van der Waals surface area contributed by atoms with E-state index in [9.17, 15) is 14.2 Å². The number of hydrogen-bond donors (Lipinski definition) is 2. The second-order valence-corrected chi connectivity index (χ2v) is 7.90. The Kier molecular flexibility index (Phi) is 4.48. The molecule has 0 saturated heterocycles. The topological polar surface area (TPSA) is 91.7 Å². The normalized spacial score (nSPS) is 11.1. The molecule has 0 aliphatic carbocycles. The van der Waals surface area contributed by atoms with Crippen LogP contribution in [0.2, 0.25) is 0 Å². The monoisotopic (exact) mass is 318 g/mol. The molecule has 0 bridgehead atoms. The van der Waals surface area contributed by atoms with E-state index in [-0.39, 0.29) is 11.1 Å². The van der Waals surface area contributed by atoms with E-state index in [2.05, 4.69) is 0 Å². The van der Waals surface area contributed by atoms with Gasteiger partial charge in [-0.15, -0.1) is 0 Å². The Bertz CT molecular complexity index is 686. The molecule has 2 aromatic carbocycles. The standard InChI is InChI=1S/C16H15O5P/c1-2-22(21,13-7-3-11(4-8-13)15(17)18)14-9-5-12(6-10-14)16(19)20/h3-10H,2H2,1H3,(H,17,18)(H,19,20). The Morgan fingerprint density at radius 2 is 1.14 bits per heavy atom. The van der Waals surface area contributed by atoms with Crippen LogP contribution >= 0.6 is 7.14 Å². The summed E-state index contributed by atoms with van der Waals surface area (Å²) < 4.78 is 13.3. The van der Waals surface area contributed by atoms with Crippen molar-refractivity contribution in [2.75, 3.05) is 6.16 Å². The van der Waals surface area contributed by atoms with Gasteiger partial charge in [0.05, 0.1) is 11.1 Å². The molecule has 0 aromatic heterocycles. The number of carboxylic acids is 2. The SMILES string of the molecule is CCP(=O)(c1ccc(C(=O)O)cc1)c1ccc(C(=O)O)cc1. The predicted molar refractivity (Wildman–Crippen MR) is 84.2 cm³/mol. The van der Waals surface area contributed by atoms with Gasteiger partial charge in [-0.2, -0.15) is 0 Å². The molecule has 0 atom stereocenters. The van der Waals surface area contributed by atoms with Crippen molar-refractivity contribution in [2.24, 2.45) is 0 Å². The first-order valence-corrected chi connectivity index (χ1v) is 8.54. The second-order valence-electron chi connectivity index (χ2n) is 4.76. The lowest BCUT2D eigenvalue weighted by Crippen LogP contribution is -2.18. The van der Waals surface area contributed by atoms with E-state index < -0.39 is 19.1 Å². The highest BCUT2D eigenvalue weighted by Crippen LogP contribution is 2.42. The molecule has 6 heteroatoms. The average Bonchev–Trinajstić information content (AvgIpc) is 2.54. The third kappa shape index (κ3) is 2.95. The highest BCUT2D eigenvalue weighted by Gasteiger charge is 2.25. The molecule has 0 saturated carbocycles. The van der Waals surface area contributed by atoms with Gasteiger partial charge in [-0.1, -0.05) is 31.2 Å². The minimum absolute atomic E-state index is 0.132. The number of hydrogen-bond acceptors (Lipinski definition) is 3. The second kappa shape index (κ2) is 6.16. The molecule has 0 aliphatic heterocycles. The number of carboxylic acid groups (broad SMARTS) is 2. The van der Waals surface area contributed by atoms with E-state index in [0.717, 1.165) is 0 Å². The van der Waals surface area contributed by atoms with Gasteiger partial charge in [0.2, 0.25) is 0 Å². The van der Waals surface area contributed by atoms with Gasteiger partial charge in [0.1, 0.15) is 7.14 Å². The summed E-state index contributed by atoms with van der Waals surface area (Å²) in [4.78, 5) is 21.8. The summed E-state index contributed by atoms with van der Waals surface area (Å²) in [5.74, 6) is -2.08. The summed E-state index contributed by atoms with van der Waals surface area (Å²) in [5.41, 5.74) is 0.264. The van der Waals surface area contributed by atoms with Crippen molar-refractivity contribution in [2.45, 2.75) is 6.92 Å². The van der Waals surface area contributed by atoms with Crippen LogP contribution in [-0.2, 0) is 4.57 Å². The summed E-state index contributed by atoms with van der Waals surface area (Å²) in [6.07, 6.45) is 0.367. The zero-order valence-corrected chi connectivity index (χ0v) is 12.8. The van der Waals surface area contributed by atoms with Crippen LogP contribution in [0.5, 0.6) is 0 Å². The molecule has 0 radical (unpaired) electrons. The van der Waals surface area contributed by atoms with Crippen LogP contribution in [0.25, 0.3) is 0 Å². The van der Waals surface area contributed by atoms with Crippen molar-refractivity contribution in [3.05, 3.63) is 59.7 Å². The maximum atomic E-state index is 13.3. The Morgan fingerprint density at radius 3 is 1.36 bits per heavy atom. The summed E-state index contributed by atoms with van der Waals surface area (Å²) in [6.45, 7) is 1.79. The first-order chi connectivity index (χ1) is 10.4. The fourth-order valence-corrected chi connectivity index (χ4v) is 4.49. The van der Waals surface area contributed by atoms with Gasteiger partial charge in [-0.05, 0) is 24.3 Å². The molecule has 2 N–H and O–H groups in total. The first kappa shape index (κ1) is 16.0. The van der Waals surface area contributed by atoms with Gasteiger partial charge in [0.15, 0.2) is 0 Å². The van der Waals surface area contributed by atoms with Crippen LogP contribution in [0.4, 0.5) is 0 Å². The third-order valence-electron chi connectivity index (χ3n) is 3.51. The number of aromatic carboxylic acids is 2. The largest absolute Gasteiger partial charge is 0.478 e. The molecule has 22 heavy (non-hydrogen) atoms. The maximum Gasteiger partial charge on any atom is 0.335 e. The molecule has 0 unspecified atom stereocenters. The third-order valence-corrected chi connectivity index (χ3v) is 6.66. The number of benzene rings is 2. The Hall–Kier alpha value is -2.39. The first-order valence-electron chi connectivity index (χ1n) is 6.65. The highest BCUT2D eigenvalue weighted by molar-refractivity contribution is 7.78. The molecule has 0 spiro atoms. The van der Waals surface area contributed by atoms with E-state index in [1.807, 2.05) is 0 Å². The Balaban J connectivity index is 2.45. The van der Waals surface area contributed by atoms with Crippen LogP contribution in [-0.4, -0.2) is 28.3 Å². The molecular weight excluding hydrogens is 303 g/mol. The summed E-state index contributed by atoms with van der Waals surface area (Å²) in [6, 6.07) is 11.9. The average molecular weight is 318 g/mol. The lowest BCUT2D eigenvalue weighted by molar-refractivity contribution is 0.0686. The van der Waals surface area contributed by atoms with Crippen molar-refractivity contribution >= 4 is 29.7 Å². The zero-order chi connectivity index (χ0) is 16.3. The van der Waals surface area contributed by atoms with Crippen LogP contribution in [0.1, 0.15) is 27.6 Å². The maximum absolute atomic E-state index is 13.3. The van der Waals surface area contributed by atoms with E-state index in [0.29, 0.717) is 16.8 Å². The van der Waals surface area contributed by atoms with Crippen LogP contribution in [0, 0.1) is 0 Å². The van der Waals surface area contributed by atoms with Gasteiger partial charge in [0.25, 0.3) is 0 Å². The van der Waals surface area contributed by atoms with Gasteiger partial charge in [0, 0.05) is 16.8 Å². The van der Waals surface area contributed by atoms with E-state index in [4.69, 9.17) is 10.2 Å². The molecule has 2 rings (SSSR count). The van der Waals surface area contributed by atoms with Crippen molar-refractivity contribution in [3.63, 3.8) is 0 Å². The summed E-state index contributed by atoms with van der Waals surface area (Å²) in [5, 5.41) is 18.9. The molecule has 0 heterocycles. The number of rotatable bonds is 5. The predicted octanol–water partition coefficient (Wildman–Crippen LogP) is 2.42.